The first-order chi connectivity index (χ1) is 9.10. The Bertz CT molecular complexity index is 480. The third-order valence-electron chi connectivity index (χ3n) is 3.44. The summed E-state index contributed by atoms with van der Waals surface area (Å²) in [4.78, 5) is 24.9. The number of amides is 1. The van der Waals surface area contributed by atoms with Gasteiger partial charge in [-0.2, -0.15) is 0 Å². The van der Waals surface area contributed by atoms with Gasteiger partial charge in [0.25, 0.3) is 0 Å². The van der Waals surface area contributed by atoms with Crippen LogP contribution in [-0.4, -0.2) is 35.0 Å². The Morgan fingerprint density at radius 2 is 2.11 bits per heavy atom. The Hall–Kier alpha value is -1.84. The van der Waals surface area contributed by atoms with Crippen molar-refractivity contribution in [2.75, 3.05) is 13.1 Å². The molecular formula is C15H19NO3. The highest BCUT2D eigenvalue weighted by atomic mass is 16.4. The Labute approximate surface area is 113 Å². The lowest BCUT2D eigenvalue weighted by atomic mass is 10.1. The quantitative estimate of drug-likeness (QED) is 0.854. The summed E-state index contributed by atoms with van der Waals surface area (Å²) in [5.74, 6) is -0.203. The Morgan fingerprint density at radius 1 is 1.37 bits per heavy atom. The van der Waals surface area contributed by atoms with Crippen LogP contribution in [0.1, 0.15) is 35.7 Å². The molecule has 0 atom stereocenters. The van der Waals surface area contributed by atoms with Crippen LogP contribution < -0.4 is 0 Å². The molecule has 0 heterocycles. The highest BCUT2D eigenvalue weighted by Gasteiger charge is 2.25. The zero-order valence-electron chi connectivity index (χ0n) is 11.1. The second kappa shape index (κ2) is 5.87. The maximum absolute atomic E-state index is 12.2. The van der Waals surface area contributed by atoms with Gasteiger partial charge in [-0.25, -0.2) is 4.79 Å². The summed E-state index contributed by atoms with van der Waals surface area (Å²) in [6, 6.07) is 6.60. The predicted octanol–water partition coefficient (Wildman–Crippen LogP) is 2.19. The summed E-state index contributed by atoms with van der Waals surface area (Å²) in [6.45, 7) is 3.54. The summed E-state index contributed by atoms with van der Waals surface area (Å²) < 4.78 is 0. The number of rotatable bonds is 6. The van der Waals surface area contributed by atoms with Gasteiger partial charge in [-0.15, -0.1) is 0 Å². The van der Waals surface area contributed by atoms with E-state index in [0.29, 0.717) is 12.5 Å². The number of hydrogen-bond acceptors (Lipinski definition) is 2. The first-order valence-corrected chi connectivity index (χ1v) is 6.70. The predicted molar refractivity (Wildman–Crippen MR) is 72.1 cm³/mol. The van der Waals surface area contributed by atoms with E-state index in [1.54, 1.807) is 18.2 Å². The van der Waals surface area contributed by atoms with Crippen molar-refractivity contribution in [3.63, 3.8) is 0 Å². The molecule has 2 rings (SSSR count). The Balaban J connectivity index is 2.00. The van der Waals surface area contributed by atoms with Gasteiger partial charge in [-0.3, -0.25) is 4.79 Å². The van der Waals surface area contributed by atoms with Crippen LogP contribution in [-0.2, 0) is 11.2 Å². The number of likely N-dealkylation sites (N-methyl/N-ethyl adjacent to an activating group) is 1. The van der Waals surface area contributed by atoms with Gasteiger partial charge in [0.05, 0.1) is 12.0 Å². The number of benzene rings is 1. The maximum Gasteiger partial charge on any atom is 0.335 e. The molecule has 1 saturated carbocycles. The van der Waals surface area contributed by atoms with Crippen molar-refractivity contribution in [2.45, 2.75) is 26.2 Å². The van der Waals surface area contributed by atoms with Crippen LogP contribution in [0.3, 0.4) is 0 Å². The molecule has 4 nitrogen and oxygen atoms in total. The lowest BCUT2D eigenvalue weighted by Crippen LogP contribution is -2.33. The number of nitrogens with zero attached hydrogens (tertiary/aromatic N) is 1. The second-order valence-corrected chi connectivity index (χ2v) is 5.06. The summed E-state index contributed by atoms with van der Waals surface area (Å²) in [5, 5.41) is 8.93. The smallest absolute Gasteiger partial charge is 0.335 e. The van der Waals surface area contributed by atoms with Gasteiger partial charge >= 0.3 is 5.97 Å². The average molecular weight is 261 g/mol. The van der Waals surface area contributed by atoms with Gasteiger partial charge < -0.3 is 10.0 Å². The molecule has 0 unspecified atom stereocenters. The molecule has 0 aliphatic heterocycles. The largest absolute Gasteiger partial charge is 0.478 e. The molecule has 1 aliphatic carbocycles. The minimum atomic E-state index is -0.959. The van der Waals surface area contributed by atoms with Gasteiger partial charge in [0, 0.05) is 13.1 Å². The summed E-state index contributed by atoms with van der Waals surface area (Å²) in [7, 11) is 0. The van der Waals surface area contributed by atoms with E-state index in [1.807, 2.05) is 11.8 Å². The lowest BCUT2D eigenvalue weighted by Gasteiger charge is -2.20. The zero-order valence-corrected chi connectivity index (χ0v) is 11.1. The Kier molecular flexibility index (Phi) is 4.20. The van der Waals surface area contributed by atoms with Crippen molar-refractivity contribution in [3.8, 4) is 0 Å². The molecule has 1 fully saturated rings. The fraction of sp³-hybridized carbons (Fsp3) is 0.467. The minimum Gasteiger partial charge on any atom is -0.478 e. The van der Waals surface area contributed by atoms with E-state index >= 15 is 0 Å². The topological polar surface area (TPSA) is 57.6 Å². The van der Waals surface area contributed by atoms with Crippen LogP contribution in [0.15, 0.2) is 24.3 Å². The number of hydrogen-bond donors (Lipinski definition) is 1. The number of carbonyl (C=O) groups excluding carboxylic acids is 1. The van der Waals surface area contributed by atoms with Gasteiger partial charge in [-0.1, -0.05) is 12.1 Å². The van der Waals surface area contributed by atoms with Crippen molar-refractivity contribution in [2.24, 2.45) is 5.92 Å². The number of carboxylic acid groups (broad SMARTS) is 1. The normalized spacial score (nSPS) is 14.2. The molecule has 4 heteroatoms. The van der Waals surface area contributed by atoms with E-state index in [2.05, 4.69) is 0 Å². The van der Waals surface area contributed by atoms with Crippen molar-refractivity contribution < 1.29 is 14.7 Å². The fourth-order valence-corrected chi connectivity index (χ4v) is 2.12. The first kappa shape index (κ1) is 13.6. The molecule has 0 radical (unpaired) electrons. The molecule has 0 saturated heterocycles. The van der Waals surface area contributed by atoms with Gasteiger partial charge in [-0.05, 0) is 43.4 Å². The van der Waals surface area contributed by atoms with Crippen LogP contribution in [0.2, 0.25) is 0 Å². The van der Waals surface area contributed by atoms with E-state index in [9.17, 15) is 9.59 Å². The molecule has 1 amide bonds. The zero-order chi connectivity index (χ0) is 13.8. The van der Waals surface area contributed by atoms with E-state index in [-0.39, 0.29) is 17.9 Å². The molecule has 1 aromatic rings. The van der Waals surface area contributed by atoms with E-state index < -0.39 is 5.97 Å². The molecule has 1 aliphatic rings. The van der Waals surface area contributed by atoms with Crippen LogP contribution >= 0.6 is 0 Å². The van der Waals surface area contributed by atoms with E-state index in [0.717, 1.165) is 12.1 Å². The number of carboxylic acids is 1. The van der Waals surface area contributed by atoms with Gasteiger partial charge in [0.1, 0.15) is 0 Å². The molecule has 19 heavy (non-hydrogen) atoms. The standard InChI is InChI=1S/C15H19NO3/c1-2-16(10-11-6-7-11)14(17)9-12-4-3-5-13(8-12)15(18)19/h3-5,8,11H,2,6-7,9-10H2,1H3,(H,18,19). The summed E-state index contributed by atoms with van der Waals surface area (Å²) in [6.07, 6.45) is 2.72. The summed E-state index contributed by atoms with van der Waals surface area (Å²) >= 11 is 0. The van der Waals surface area contributed by atoms with Crippen molar-refractivity contribution in [3.05, 3.63) is 35.4 Å². The SMILES string of the molecule is CCN(CC1CC1)C(=O)Cc1cccc(C(=O)O)c1. The van der Waals surface area contributed by atoms with Crippen molar-refractivity contribution in [1.29, 1.82) is 0 Å². The minimum absolute atomic E-state index is 0.0805. The maximum atomic E-state index is 12.2. The number of carbonyl (C=O) groups is 2. The van der Waals surface area contributed by atoms with Crippen LogP contribution in [0, 0.1) is 5.92 Å². The number of aromatic carboxylic acids is 1. The summed E-state index contributed by atoms with van der Waals surface area (Å²) in [5.41, 5.74) is 0.995. The van der Waals surface area contributed by atoms with Crippen molar-refractivity contribution >= 4 is 11.9 Å². The molecule has 0 spiro atoms. The molecule has 102 valence electrons. The van der Waals surface area contributed by atoms with E-state index in [4.69, 9.17) is 5.11 Å². The van der Waals surface area contributed by atoms with Crippen LogP contribution in [0.5, 0.6) is 0 Å². The first-order valence-electron chi connectivity index (χ1n) is 6.70. The van der Waals surface area contributed by atoms with Crippen LogP contribution in [0.4, 0.5) is 0 Å². The molecular weight excluding hydrogens is 242 g/mol. The highest BCUT2D eigenvalue weighted by molar-refractivity contribution is 5.88. The monoisotopic (exact) mass is 261 g/mol. The van der Waals surface area contributed by atoms with Gasteiger partial charge in [0.15, 0.2) is 0 Å². The third-order valence-corrected chi connectivity index (χ3v) is 3.44. The highest BCUT2D eigenvalue weighted by Crippen LogP contribution is 2.29. The molecule has 0 aromatic heterocycles. The lowest BCUT2D eigenvalue weighted by molar-refractivity contribution is -0.130. The third kappa shape index (κ3) is 3.81. The molecule has 1 N–H and O–H groups in total. The van der Waals surface area contributed by atoms with Crippen LogP contribution in [0.25, 0.3) is 0 Å². The van der Waals surface area contributed by atoms with Gasteiger partial charge in [0.2, 0.25) is 5.91 Å². The van der Waals surface area contributed by atoms with Crippen molar-refractivity contribution in [1.82, 2.24) is 4.90 Å². The average Bonchev–Trinajstić information content (AvgIpc) is 3.20. The second-order valence-electron chi connectivity index (χ2n) is 5.06. The Morgan fingerprint density at radius 3 is 2.68 bits per heavy atom. The van der Waals surface area contributed by atoms with E-state index in [1.165, 1.54) is 18.9 Å². The molecule has 0 bridgehead atoms. The fourth-order valence-electron chi connectivity index (χ4n) is 2.12. The molecule has 1 aromatic carbocycles.